The van der Waals surface area contributed by atoms with Crippen LogP contribution in [0.3, 0.4) is 0 Å². The summed E-state index contributed by atoms with van der Waals surface area (Å²) in [5, 5.41) is 3.25. The first kappa shape index (κ1) is 6.56. The van der Waals surface area contributed by atoms with E-state index in [0.29, 0.717) is 0 Å². The Bertz CT molecular complexity index is 87.7. The zero-order valence-corrected chi connectivity index (χ0v) is 5.03. The molecule has 0 saturated carbocycles. The van der Waals surface area contributed by atoms with Crippen molar-refractivity contribution in [1.82, 2.24) is 0 Å². The van der Waals surface area contributed by atoms with Gasteiger partial charge in [0.25, 0.3) is 0 Å². The normalized spacial score (nSPS) is 9.86. The molecule has 0 spiro atoms. The second-order valence-electron chi connectivity index (χ2n) is 1.07. The summed E-state index contributed by atoms with van der Waals surface area (Å²) in [6, 6.07) is 0. The van der Waals surface area contributed by atoms with E-state index in [0.717, 1.165) is 4.91 Å². The number of rotatable bonds is 2. The topological polar surface area (TPSA) is 38.4 Å². The minimum atomic E-state index is 0.995. The SMILES string of the molecule is C=C(C)SC=NN. The predicted molar refractivity (Wildman–Crippen MR) is 35.1 cm³/mol. The fourth-order valence-corrected chi connectivity index (χ4v) is 0.361. The number of hydrogen-bond acceptors (Lipinski definition) is 3. The summed E-state index contributed by atoms with van der Waals surface area (Å²) >= 11 is 1.42. The summed E-state index contributed by atoms with van der Waals surface area (Å²) in [6.07, 6.45) is 0. The highest BCUT2D eigenvalue weighted by Gasteiger charge is 1.75. The van der Waals surface area contributed by atoms with Gasteiger partial charge in [0.05, 0.1) is 5.55 Å². The van der Waals surface area contributed by atoms with Gasteiger partial charge in [-0.1, -0.05) is 18.3 Å². The van der Waals surface area contributed by atoms with Crippen LogP contribution in [-0.2, 0) is 0 Å². The minimum absolute atomic E-state index is 0.995. The number of hydrazone groups is 1. The molecule has 0 heterocycles. The maximum absolute atomic E-state index is 4.78. The quantitative estimate of drug-likeness (QED) is 0.254. The molecular formula is C4H8N2S. The first-order valence-electron chi connectivity index (χ1n) is 1.81. The summed E-state index contributed by atoms with van der Waals surface area (Å²) in [4.78, 5) is 0.995. The highest BCUT2D eigenvalue weighted by Crippen LogP contribution is 2.05. The molecule has 0 fully saturated rings. The lowest BCUT2D eigenvalue weighted by Gasteiger charge is -1.83. The van der Waals surface area contributed by atoms with E-state index in [4.69, 9.17) is 5.84 Å². The molecule has 0 radical (unpaired) electrons. The van der Waals surface area contributed by atoms with Crippen LogP contribution in [-0.4, -0.2) is 5.55 Å². The van der Waals surface area contributed by atoms with Gasteiger partial charge in [0.1, 0.15) is 0 Å². The van der Waals surface area contributed by atoms with Gasteiger partial charge in [-0.25, -0.2) is 0 Å². The van der Waals surface area contributed by atoms with E-state index in [9.17, 15) is 0 Å². The molecule has 0 aliphatic heterocycles. The fourth-order valence-electron chi connectivity index (χ4n) is 0.120. The van der Waals surface area contributed by atoms with Crippen molar-refractivity contribution in [3.8, 4) is 0 Å². The van der Waals surface area contributed by atoms with E-state index < -0.39 is 0 Å². The molecule has 40 valence electrons. The molecule has 0 aliphatic rings. The average molecular weight is 116 g/mol. The van der Waals surface area contributed by atoms with Crippen molar-refractivity contribution in [2.24, 2.45) is 10.9 Å². The maximum Gasteiger partial charge on any atom is 0.0839 e. The minimum Gasteiger partial charge on any atom is -0.323 e. The number of nitrogens with zero attached hydrogens (tertiary/aromatic N) is 1. The van der Waals surface area contributed by atoms with Gasteiger partial charge in [0.15, 0.2) is 0 Å². The molecule has 0 aromatic carbocycles. The van der Waals surface area contributed by atoms with E-state index in [1.165, 1.54) is 11.8 Å². The van der Waals surface area contributed by atoms with Crippen molar-refractivity contribution in [3.05, 3.63) is 11.5 Å². The van der Waals surface area contributed by atoms with Crippen molar-refractivity contribution in [2.45, 2.75) is 6.92 Å². The van der Waals surface area contributed by atoms with E-state index >= 15 is 0 Å². The van der Waals surface area contributed by atoms with E-state index in [1.54, 1.807) is 5.55 Å². The molecule has 7 heavy (non-hydrogen) atoms. The van der Waals surface area contributed by atoms with Gasteiger partial charge >= 0.3 is 0 Å². The van der Waals surface area contributed by atoms with Gasteiger partial charge in [0.2, 0.25) is 0 Å². The Morgan fingerprint density at radius 1 is 2.00 bits per heavy atom. The maximum atomic E-state index is 4.78. The van der Waals surface area contributed by atoms with E-state index in [1.807, 2.05) is 6.92 Å². The molecule has 0 rings (SSSR count). The molecule has 0 amide bonds. The molecule has 0 bridgehead atoms. The lowest BCUT2D eigenvalue weighted by atomic mass is 10.8. The van der Waals surface area contributed by atoms with Crippen molar-refractivity contribution in [2.75, 3.05) is 0 Å². The fraction of sp³-hybridized carbons (Fsp3) is 0.250. The molecule has 0 aromatic heterocycles. The summed E-state index contributed by atoms with van der Waals surface area (Å²) < 4.78 is 0. The van der Waals surface area contributed by atoms with Crippen LogP contribution in [0.2, 0.25) is 0 Å². The van der Waals surface area contributed by atoms with Crippen LogP contribution >= 0.6 is 11.8 Å². The zero-order chi connectivity index (χ0) is 5.70. The second kappa shape index (κ2) is 3.74. The number of hydrogen-bond donors (Lipinski definition) is 1. The van der Waals surface area contributed by atoms with Crippen LogP contribution in [0.15, 0.2) is 16.6 Å². The third-order valence-corrected chi connectivity index (χ3v) is 0.944. The van der Waals surface area contributed by atoms with Crippen molar-refractivity contribution >= 4 is 17.3 Å². The Morgan fingerprint density at radius 3 is 2.71 bits per heavy atom. The molecule has 0 saturated heterocycles. The van der Waals surface area contributed by atoms with Crippen LogP contribution in [0.25, 0.3) is 0 Å². The molecule has 0 aromatic rings. The summed E-state index contributed by atoms with van der Waals surface area (Å²) in [5.41, 5.74) is 1.54. The van der Waals surface area contributed by atoms with Gasteiger partial charge in [0, 0.05) is 0 Å². The lowest BCUT2D eigenvalue weighted by Crippen LogP contribution is -1.76. The largest absolute Gasteiger partial charge is 0.323 e. The molecule has 3 heteroatoms. The van der Waals surface area contributed by atoms with Crippen LogP contribution in [0.4, 0.5) is 0 Å². The summed E-state index contributed by atoms with van der Waals surface area (Å²) in [7, 11) is 0. The van der Waals surface area contributed by atoms with E-state index in [-0.39, 0.29) is 0 Å². The molecule has 2 nitrogen and oxygen atoms in total. The zero-order valence-electron chi connectivity index (χ0n) is 4.22. The number of thioether (sulfide) groups is 1. The van der Waals surface area contributed by atoms with Gasteiger partial charge in [-0.05, 0) is 11.8 Å². The van der Waals surface area contributed by atoms with Crippen LogP contribution < -0.4 is 5.84 Å². The second-order valence-corrected chi connectivity index (χ2v) is 2.22. The highest BCUT2D eigenvalue weighted by atomic mass is 32.2. The number of nitrogens with two attached hydrogens (primary N) is 1. The van der Waals surface area contributed by atoms with Crippen molar-refractivity contribution < 1.29 is 0 Å². The Kier molecular flexibility index (Phi) is 3.50. The summed E-state index contributed by atoms with van der Waals surface area (Å²) in [6.45, 7) is 5.50. The lowest BCUT2D eigenvalue weighted by molar-refractivity contribution is 1.27. The van der Waals surface area contributed by atoms with Gasteiger partial charge in [-0.2, -0.15) is 5.10 Å². The van der Waals surface area contributed by atoms with Gasteiger partial charge < -0.3 is 5.84 Å². The smallest absolute Gasteiger partial charge is 0.0839 e. The van der Waals surface area contributed by atoms with E-state index in [2.05, 4.69) is 11.7 Å². The Balaban J connectivity index is 3.14. The molecular weight excluding hydrogens is 108 g/mol. The molecule has 0 aliphatic carbocycles. The average Bonchev–Trinajstić information content (AvgIpc) is 1.61. The summed E-state index contributed by atoms with van der Waals surface area (Å²) in [5.74, 6) is 4.78. The molecule has 2 N–H and O–H groups in total. The van der Waals surface area contributed by atoms with Crippen molar-refractivity contribution in [1.29, 1.82) is 0 Å². The standard InChI is InChI=1S/C4H8N2S/c1-4(2)7-3-6-5/h3H,1,5H2,2H3. The predicted octanol–water partition coefficient (Wildman–Crippen LogP) is 1.16. The monoisotopic (exact) mass is 116 g/mol. The third kappa shape index (κ3) is 5.56. The van der Waals surface area contributed by atoms with Crippen LogP contribution in [0.1, 0.15) is 6.92 Å². The van der Waals surface area contributed by atoms with Crippen molar-refractivity contribution in [3.63, 3.8) is 0 Å². The van der Waals surface area contributed by atoms with Crippen LogP contribution in [0, 0.1) is 0 Å². The Hall–Kier alpha value is -0.440. The Labute approximate surface area is 47.5 Å². The van der Waals surface area contributed by atoms with Crippen LogP contribution in [0.5, 0.6) is 0 Å². The molecule has 0 atom stereocenters. The number of allylic oxidation sites excluding steroid dienone is 1. The van der Waals surface area contributed by atoms with Gasteiger partial charge in [-0.15, -0.1) is 0 Å². The molecule has 0 unspecified atom stereocenters. The third-order valence-electron chi connectivity index (χ3n) is 0.315. The van der Waals surface area contributed by atoms with Gasteiger partial charge in [-0.3, -0.25) is 0 Å². The Morgan fingerprint density at radius 2 is 2.57 bits per heavy atom. The highest BCUT2D eigenvalue weighted by molar-refractivity contribution is 8.15. The first-order chi connectivity index (χ1) is 3.27. The first-order valence-corrected chi connectivity index (χ1v) is 2.69.